The summed E-state index contributed by atoms with van der Waals surface area (Å²) in [6.45, 7) is 0.326. The third-order valence-electron chi connectivity index (χ3n) is 3.05. The number of thiazole rings is 1. The summed E-state index contributed by atoms with van der Waals surface area (Å²) in [5, 5.41) is 13.7. The number of methoxy groups -OCH3 is 2. The Kier molecular flexibility index (Phi) is 5.53. The minimum absolute atomic E-state index is 0.0164. The third kappa shape index (κ3) is 3.98. The van der Waals surface area contributed by atoms with E-state index in [-0.39, 0.29) is 11.6 Å². The molecule has 1 aromatic heterocycles. The SMILES string of the molecule is COc1cccc(OC)c1C(=O)NCCc1nc(C(=O)O)cs1. The highest BCUT2D eigenvalue weighted by Crippen LogP contribution is 2.27. The first-order valence-electron chi connectivity index (χ1n) is 6.73. The summed E-state index contributed by atoms with van der Waals surface area (Å²) in [5.41, 5.74) is 0.339. The number of amides is 1. The third-order valence-corrected chi connectivity index (χ3v) is 3.96. The molecule has 8 heteroatoms. The Morgan fingerprint density at radius 1 is 1.26 bits per heavy atom. The van der Waals surface area contributed by atoms with Gasteiger partial charge >= 0.3 is 5.97 Å². The quantitative estimate of drug-likeness (QED) is 0.800. The van der Waals surface area contributed by atoms with Crippen LogP contribution in [0.5, 0.6) is 11.5 Å². The molecule has 0 spiro atoms. The van der Waals surface area contributed by atoms with Crippen molar-refractivity contribution < 1.29 is 24.2 Å². The fourth-order valence-corrected chi connectivity index (χ4v) is 2.74. The molecule has 0 aliphatic heterocycles. The second-order valence-electron chi connectivity index (χ2n) is 4.48. The molecule has 0 saturated heterocycles. The van der Waals surface area contributed by atoms with E-state index in [1.807, 2.05) is 0 Å². The molecule has 23 heavy (non-hydrogen) atoms. The maximum Gasteiger partial charge on any atom is 0.355 e. The van der Waals surface area contributed by atoms with Gasteiger partial charge in [0.25, 0.3) is 5.91 Å². The van der Waals surface area contributed by atoms with Gasteiger partial charge in [-0.25, -0.2) is 9.78 Å². The molecule has 0 fully saturated rings. The molecule has 1 aromatic carbocycles. The van der Waals surface area contributed by atoms with Crippen LogP contribution in [0.1, 0.15) is 25.9 Å². The number of carboxylic acids is 1. The molecule has 0 saturated carbocycles. The summed E-state index contributed by atoms with van der Waals surface area (Å²) < 4.78 is 10.4. The molecule has 0 aliphatic carbocycles. The lowest BCUT2D eigenvalue weighted by atomic mass is 10.1. The number of benzene rings is 1. The number of nitrogens with one attached hydrogen (secondary N) is 1. The lowest BCUT2D eigenvalue weighted by molar-refractivity contribution is 0.0690. The minimum Gasteiger partial charge on any atom is -0.496 e. The molecule has 1 amide bonds. The van der Waals surface area contributed by atoms with Gasteiger partial charge in [0, 0.05) is 18.3 Å². The number of carbonyl (C=O) groups excluding carboxylic acids is 1. The van der Waals surface area contributed by atoms with Crippen LogP contribution in [0.3, 0.4) is 0 Å². The van der Waals surface area contributed by atoms with Crippen LogP contribution in [0.2, 0.25) is 0 Å². The van der Waals surface area contributed by atoms with E-state index in [1.54, 1.807) is 18.2 Å². The molecule has 0 radical (unpaired) electrons. The van der Waals surface area contributed by atoms with Crippen LogP contribution in [0, 0.1) is 0 Å². The van der Waals surface area contributed by atoms with Gasteiger partial charge in [0.05, 0.1) is 19.2 Å². The van der Waals surface area contributed by atoms with E-state index in [0.29, 0.717) is 35.0 Å². The first kappa shape index (κ1) is 16.8. The highest BCUT2D eigenvalue weighted by molar-refractivity contribution is 7.09. The number of ether oxygens (including phenoxy) is 2. The zero-order valence-electron chi connectivity index (χ0n) is 12.7. The molecule has 2 rings (SSSR count). The largest absolute Gasteiger partial charge is 0.496 e. The minimum atomic E-state index is -1.06. The second-order valence-corrected chi connectivity index (χ2v) is 5.42. The Hall–Kier alpha value is -2.61. The van der Waals surface area contributed by atoms with Gasteiger partial charge in [-0.2, -0.15) is 0 Å². The van der Waals surface area contributed by atoms with Crippen molar-refractivity contribution in [1.29, 1.82) is 0 Å². The highest BCUT2D eigenvalue weighted by atomic mass is 32.1. The molecular weight excluding hydrogens is 320 g/mol. The first-order valence-corrected chi connectivity index (χ1v) is 7.61. The Bertz CT molecular complexity index is 691. The summed E-state index contributed by atoms with van der Waals surface area (Å²) in [4.78, 5) is 27.1. The van der Waals surface area contributed by atoms with Crippen LogP contribution in [-0.2, 0) is 6.42 Å². The average molecular weight is 336 g/mol. The van der Waals surface area contributed by atoms with Crippen molar-refractivity contribution >= 4 is 23.2 Å². The van der Waals surface area contributed by atoms with E-state index in [4.69, 9.17) is 14.6 Å². The first-order chi connectivity index (χ1) is 11.1. The molecule has 2 N–H and O–H groups in total. The zero-order valence-corrected chi connectivity index (χ0v) is 13.5. The fraction of sp³-hybridized carbons (Fsp3) is 0.267. The molecule has 122 valence electrons. The van der Waals surface area contributed by atoms with E-state index < -0.39 is 5.97 Å². The van der Waals surface area contributed by atoms with Crippen LogP contribution in [0.25, 0.3) is 0 Å². The van der Waals surface area contributed by atoms with Crippen molar-refractivity contribution in [3.05, 3.63) is 39.8 Å². The maximum absolute atomic E-state index is 12.3. The lowest BCUT2D eigenvalue weighted by Gasteiger charge is -2.12. The maximum atomic E-state index is 12.3. The number of carbonyl (C=O) groups is 2. The van der Waals surface area contributed by atoms with Crippen LogP contribution in [-0.4, -0.2) is 42.7 Å². The molecule has 2 aromatic rings. The summed E-state index contributed by atoms with van der Waals surface area (Å²) in [6, 6.07) is 5.09. The van der Waals surface area contributed by atoms with Crippen LogP contribution in [0.15, 0.2) is 23.6 Å². The summed E-state index contributed by atoms with van der Waals surface area (Å²) in [6.07, 6.45) is 0.446. The van der Waals surface area contributed by atoms with Crippen molar-refractivity contribution in [2.24, 2.45) is 0 Å². The summed E-state index contributed by atoms with van der Waals surface area (Å²) >= 11 is 1.25. The molecule has 0 bridgehead atoms. The molecule has 0 unspecified atom stereocenters. The lowest BCUT2D eigenvalue weighted by Crippen LogP contribution is -2.26. The molecule has 7 nitrogen and oxygen atoms in total. The Morgan fingerprint density at radius 3 is 2.43 bits per heavy atom. The summed E-state index contributed by atoms with van der Waals surface area (Å²) in [7, 11) is 2.96. The standard InChI is InChI=1S/C15H16N2O5S/c1-21-10-4-3-5-11(22-2)13(10)14(18)16-7-6-12-17-9(8-23-12)15(19)20/h3-5,8H,6-7H2,1-2H3,(H,16,18)(H,19,20). The Balaban J connectivity index is 2.01. The number of carboxylic acid groups (broad SMARTS) is 1. The van der Waals surface area contributed by atoms with Gasteiger partial charge in [0.1, 0.15) is 17.1 Å². The van der Waals surface area contributed by atoms with Gasteiger partial charge in [-0.3, -0.25) is 4.79 Å². The van der Waals surface area contributed by atoms with E-state index in [1.165, 1.54) is 30.9 Å². The van der Waals surface area contributed by atoms with Crippen molar-refractivity contribution in [2.45, 2.75) is 6.42 Å². The molecule has 0 aliphatic rings. The number of hydrogen-bond donors (Lipinski definition) is 2. The zero-order chi connectivity index (χ0) is 16.8. The fourth-order valence-electron chi connectivity index (χ4n) is 1.97. The van der Waals surface area contributed by atoms with Gasteiger partial charge in [-0.15, -0.1) is 11.3 Å². The Labute approximate surface area is 136 Å². The van der Waals surface area contributed by atoms with Crippen molar-refractivity contribution in [1.82, 2.24) is 10.3 Å². The van der Waals surface area contributed by atoms with Crippen molar-refractivity contribution in [2.75, 3.05) is 20.8 Å². The van der Waals surface area contributed by atoms with E-state index in [2.05, 4.69) is 10.3 Å². The van der Waals surface area contributed by atoms with Gasteiger partial charge in [-0.1, -0.05) is 6.07 Å². The molecule has 0 atom stereocenters. The number of hydrogen-bond acceptors (Lipinski definition) is 6. The van der Waals surface area contributed by atoms with E-state index in [9.17, 15) is 9.59 Å². The van der Waals surface area contributed by atoms with Crippen LogP contribution < -0.4 is 14.8 Å². The van der Waals surface area contributed by atoms with Crippen LogP contribution in [0.4, 0.5) is 0 Å². The smallest absolute Gasteiger partial charge is 0.355 e. The van der Waals surface area contributed by atoms with Gasteiger partial charge < -0.3 is 19.9 Å². The number of rotatable bonds is 7. The summed E-state index contributed by atoms with van der Waals surface area (Å²) in [5.74, 6) is -0.543. The van der Waals surface area contributed by atoms with Crippen LogP contribution >= 0.6 is 11.3 Å². The topological polar surface area (TPSA) is 97.8 Å². The van der Waals surface area contributed by atoms with Gasteiger partial charge in [0.15, 0.2) is 5.69 Å². The number of aromatic carboxylic acids is 1. The Morgan fingerprint density at radius 2 is 1.91 bits per heavy atom. The highest BCUT2D eigenvalue weighted by Gasteiger charge is 2.18. The molecule has 1 heterocycles. The number of nitrogens with zero attached hydrogens (tertiary/aromatic N) is 1. The van der Waals surface area contributed by atoms with E-state index >= 15 is 0 Å². The van der Waals surface area contributed by atoms with E-state index in [0.717, 1.165) is 0 Å². The second kappa shape index (κ2) is 7.59. The van der Waals surface area contributed by atoms with Gasteiger partial charge in [0.2, 0.25) is 0 Å². The average Bonchev–Trinajstić information content (AvgIpc) is 3.03. The predicted octanol–water partition coefficient (Wildman–Crippen LogP) is 1.83. The monoisotopic (exact) mass is 336 g/mol. The number of aromatic nitrogens is 1. The van der Waals surface area contributed by atoms with Crippen molar-refractivity contribution in [3.8, 4) is 11.5 Å². The van der Waals surface area contributed by atoms with Gasteiger partial charge in [-0.05, 0) is 12.1 Å². The predicted molar refractivity (Wildman–Crippen MR) is 84.7 cm³/mol. The normalized spacial score (nSPS) is 10.2. The molecular formula is C15H16N2O5S. The van der Waals surface area contributed by atoms with Crippen molar-refractivity contribution in [3.63, 3.8) is 0 Å².